The molecule has 47 heavy (non-hydrogen) atoms. The summed E-state index contributed by atoms with van der Waals surface area (Å²) in [5.41, 5.74) is -0.163. The Morgan fingerprint density at radius 1 is 1.02 bits per heavy atom. The third-order valence-electron chi connectivity index (χ3n) is 6.67. The maximum Gasteiger partial charge on any atom is 0.433 e. The molecule has 1 aliphatic carbocycles. The van der Waals surface area contributed by atoms with E-state index in [1.54, 1.807) is 68.9 Å². The second kappa shape index (κ2) is 16.9. The molecular formula is C33H34Cl2N4O7S. The van der Waals surface area contributed by atoms with E-state index in [1.165, 1.54) is 11.9 Å². The SMILES string of the molecule is CCOc1ccc(C2(C(=O)OC(C#N)c3cccc(Oc4ccccc4)c3)CC2(Cl)Cl)cc1.CNC(=O)ON=C(SC)C(=O)N(C)C. The average molecular weight is 702 g/mol. The number of nitriles is 1. The molecule has 0 aliphatic heterocycles. The maximum atomic E-state index is 13.3. The molecule has 14 heteroatoms. The van der Waals surface area contributed by atoms with E-state index in [2.05, 4.69) is 15.3 Å². The number of benzene rings is 3. The highest BCUT2D eigenvalue weighted by Gasteiger charge is 2.73. The lowest BCUT2D eigenvalue weighted by Gasteiger charge is -2.20. The monoisotopic (exact) mass is 700 g/mol. The van der Waals surface area contributed by atoms with E-state index >= 15 is 0 Å². The van der Waals surface area contributed by atoms with Crippen molar-refractivity contribution in [1.29, 1.82) is 5.26 Å². The van der Waals surface area contributed by atoms with E-state index in [0.717, 1.165) is 11.8 Å². The van der Waals surface area contributed by atoms with Crippen molar-refractivity contribution in [1.82, 2.24) is 10.2 Å². The summed E-state index contributed by atoms with van der Waals surface area (Å²) in [5.74, 6) is 0.887. The molecule has 11 nitrogen and oxygen atoms in total. The molecule has 0 bridgehead atoms. The number of ether oxygens (including phenoxy) is 3. The number of thioether (sulfide) groups is 1. The molecule has 1 fully saturated rings. The maximum absolute atomic E-state index is 13.3. The molecule has 0 saturated heterocycles. The number of esters is 1. The van der Waals surface area contributed by atoms with Crippen LogP contribution in [-0.4, -0.2) is 66.3 Å². The van der Waals surface area contributed by atoms with Gasteiger partial charge in [0.1, 0.15) is 33.1 Å². The van der Waals surface area contributed by atoms with Gasteiger partial charge in [0.15, 0.2) is 0 Å². The minimum absolute atomic E-state index is 0.124. The van der Waals surface area contributed by atoms with Crippen molar-refractivity contribution in [3.05, 3.63) is 90.0 Å². The van der Waals surface area contributed by atoms with E-state index in [0.29, 0.717) is 35.0 Å². The fourth-order valence-corrected chi connectivity index (χ4v) is 5.41. The predicted octanol–water partition coefficient (Wildman–Crippen LogP) is 6.61. The molecule has 2 unspecified atom stereocenters. The summed E-state index contributed by atoms with van der Waals surface area (Å²) in [6.07, 6.45) is 0.00261. The summed E-state index contributed by atoms with van der Waals surface area (Å²) < 4.78 is 15.6. The Morgan fingerprint density at radius 2 is 1.66 bits per heavy atom. The van der Waals surface area contributed by atoms with Crippen LogP contribution >= 0.6 is 35.0 Å². The van der Waals surface area contributed by atoms with Crippen LogP contribution in [0.3, 0.4) is 0 Å². The lowest BCUT2D eigenvalue weighted by Crippen LogP contribution is -2.30. The van der Waals surface area contributed by atoms with Crippen LogP contribution in [0.4, 0.5) is 4.79 Å². The minimum Gasteiger partial charge on any atom is -0.494 e. The number of hydrogen-bond acceptors (Lipinski definition) is 10. The molecule has 4 rings (SSSR count). The molecule has 3 aromatic rings. The summed E-state index contributed by atoms with van der Waals surface area (Å²) in [6, 6.07) is 25.1. The molecule has 1 N–H and O–H groups in total. The third kappa shape index (κ3) is 9.54. The number of hydrogen-bond donors (Lipinski definition) is 1. The number of amides is 2. The number of alkyl halides is 2. The van der Waals surface area contributed by atoms with Crippen molar-refractivity contribution in [3.63, 3.8) is 0 Å². The first kappa shape index (κ1) is 37.0. The molecule has 0 spiro atoms. The van der Waals surface area contributed by atoms with Gasteiger partial charge in [0.05, 0.1) is 6.61 Å². The first-order valence-corrected chi connectivity index (χ1v) is 16.2. The van der Waals surface area contributed by atoms with Gasteiger partial charge in [0, 0.05) is 33.1 Å². The van der Waals surface area contributed by atoms with Gasteiger partial charge in [-0.05, 0) is 55.1 Å². The third-order valence-corrected chi connectivity index (χ3v) is 8.22. The topological polar surface area (TPSA) is 140 Å². The Bertz CT molecular complexity index is 1620. The lowest BCUT2D eigenvalue weighted by molar-refractivity contribution is -0.150. The number of para-hydroxylation sites is 1. The van der Waals surface area contributed by atoms with Gasteiger partial charge in [0.2, 0.25) is 11.1 Å². The number of carbonyl (C=O) groups excluding carboxylic acids is 3. The van der Waals surface area contributed by atoms with Crippen molar-refractivity contribution >= 4 is 58.0 Å². The molecule has 0 radical (unpaired) electrons. The lowest BCUT2D eigenvalue weighted by atomic mass is 9.95. The van der Waals surface area contributed by atoms with Crippen molar-refractivity contribution in [3.8, 4) is 23.3 Å². The number of carbonyl (C=O) groups is 3. The number of oxime groups is 1. The second-order valence-corrected chi connectivity index (χ2v) is 12.4. The number of halogens is 2. The minimum atomic E-state index is -1.32. The standard InChI is InChI=1S/C26H21Cl2NO4.C7H13N3O3S/c1-2-31-20-13-11-19(12-14-20)25(17-26(25,27)28)24(30)33-23(16-29)18-7-6-10-22(15-18)32-21-8-4-3-5-9-21;1-8-7(12)13-9-5(14-4)6(11)10(2)3/h3-15,23H,2,17H2,1H3;1-4H3,(H,8,12). The summed E-state index contributed by atoms with van der Waals surface area (Å²) in [7, 11) is 4.59. The van der Waals surface area contributed by atoms with Gasteiger partial charge in [-0.1, -0.05) is 70.8 Å². The van der Waals surface area contributed by atoms with Gasteiger partial charge in [-0.2, -0.15) is 5.26 Å². The predicted molar refractivity (Wildman–Crippen MR) is 181 cm³/mol. The zero-order valence-electron chi connectivity index (χ0n) is 26.4. The van der Waals surface area contributed by atoms with Crippen LogP contribution in [0, 0.1) is 11.3 Å². The molecule has 0 heterocycles. The zero-order valence-corrected chi connectivity index (χ0v) is 28.7. The van der Waals surface area contributed by atoms with Gasteiger partial charge >= 0.3 is 12.1 Å². The highest BCUT2D eigenvalue weighted by molar-refractivity contribution is 8.15. The molecule has 0 aromatic heterocycles. The van der Waals surface area contributed by atoms with Crippen LogP contribution in [0.5, 0.6) is 17.2 Å². The van der Waals surface area contributed by atoms with Crippen LogP contribution in [0.25, 0.3) is 0 Å². The highest BCUT2D eigenvalue weighted by Crippen LogP contribution is 2.65. The smallest absolute Gasteiger partial charge is 0.433 e. The van der Waals surface area contributed by atoms with Gasteiger partial charge in [-0.25, -0.2) is 4.79 Å². The van der Waals surface area contributed by atoms with E-state index in [1.807, 2.05) is 43.3 Å². The van der Waals surface area contributed by atoms with Crippen LogP contribution < -0.4 is 14.8 Å². The van der Waals surface area contributed by atoms with Crippen molar-refractivity contribution < 1.29 is 33.4 Å². The molecular weight excluding hydrogens is 667 g/mol. The van der Waals surface area contributed by atoms with Gasteiger partial charge in [0.25, 0.3) is 5.91 Å². The van der Waals surface area contributed by atoms with Crippen LogP contribution in [0.2, 0.25) is 0 Å². The Labute approximate surface area is 287 Å². The molecule has 2 atom stereocenters. The quantitative estimate of drug-likeness (QED) is 0.0652. The summed E-state index contributed by atoms with van der Waals surface area (Å²) in [5, 5.41) is 15.5. The van der Waals surface area contributed by atoms with E-state index < -0.39 is 27.9 Å². The zero-order chi connectivity index (χ0) is 34.6. The highest BCUT2D eigenvalue weighted by atomic mass is 35.5. The number of nitrogens with one attached hydrogen (secondary N) is 1. The molecule has 3 aromatic carbocycles. The number of nitrogens with zero attached hydrogens (tertiary/aromatic N) is 3. The second-order valence-electron chi connectivity index (χ2n) is 10.1. The first-order valence-electron chi connectivity index (χ1n) is 14.2. The van der Waals surface area contributed by atoms with Gasteiger partial charge in [-0.3, -0.25) is 14.4 Å². The van der Waals surface area contributed by atoms with Crippen molar-refractivity contribution in [2.24, 2.45) is 5.16 Å². The van der Waals surface area contributed by atoms with Crippen molar-refractivity contribution in [2.75, 3.05) is 34.0 Å². The fourth-order valence-electron chi connectivity index (χ4n) is 4.17. The number of rotatable bonds is 9. The van der Waals surface area contributed by atoms with Gasteiger partial charge < -0.3 is 24.4 Å². The summed E-state index contributed by atoms with van der Waals surface area (Å²) in [4.78, 5) is 41.0. The first-order chi connectivity index (χ1) is 22.4. The Balaban J connectivity index is 0.000000363. The Kier molecular flexibility index (Phi) is 13.3. The van der Waals surface area contributed by atoms with Crippen LogP contribution in [0.15, 0.2) is 84.0 Å². The molecule has 2 amide bonds. The van der Waals surface area contributed by atoms with E-state index in [4.69, 9.17) is 37.4 Å². The fraction of sp³-hybridized carbons (Fsp3) is 0.303. The van der Waals surface area contributed by atoms with Gasteiger partial charge in [-0.15, -0.1) is 11.8 Å². The molecule has 1 aliphatic rings. The molecule has 248 valence electrons. The van der Waals surface area contributed by atoms with Crippen molar-refractivity contribution in [2.45, 2.75) is 29.2 Å². The summed E-state index contributed by atoms with van der Waals surface area (Å²) in [6.45, 7) is 2.41. The van der Waals surface area contributed by atoms with E-state index in [9.17, 15) is 19.6 Å². The Hall–Kier alpha value is -4.44. The van der Waals surface area contributed by atoms with E-state index in [-0.39, 0.29) is 17.4 Å². The van der Waals surface area contributed by atoms with Crippen LogP contribution in [-0.2, 0) is 24.6 Å². The average Bonchev–Trinajstić information content (AvgIpc) is 3.67. The molecule has 1 saturated carbocycles. The largest absolute Gasteiger partial charge is 0.494 e. The summed E-state index contributed by atoms with van der Waals surface area (Å²) >= 11 is 13.9. The normalized spacial score (nSPS) is 16.6. The Morgan fingerprint density at radius 3 is 2.19 bits per heavy atom. The van der Waals surface area contributed by atoms with Crippen LogP contribution in [0.1, 0.15) is 30.6 Å².